The van der Waals surface area contributed by atoms with Gasteiger partial charge in [-0.05, 0) is 12.1 Å². The SMILES string of the molecule is COC1(C(Cc2ccccn2)NN)CCOCC1. The monoisotopic (exact) mass is 251 g/mol. The van der Waals surface area contributed by atoms with Crippen LogP contribution in [0, 0.1) is 0 Å². The van der Waals surface area contributed by atoms with Crippen LogP contribution in [0.25, 0.3) is 0 Å². The number of rotatable bonds is 5. The number of hydrogen-bond acceptors (Lipinski definition) is 5. The second kappa shape index (κ2) is 6.24. The minimum atomic E-state index is -0.259. The Morgan fingerprint density at radius 3 is 2.83 bits per heavy atom. The number of nitrogens with zero attached hydrogens (tertiary/aromatic N) is 1. The van der Waals surface area contributed by atoms with Crippen molar-refractivity contribution in [3.8, 4) is 0 Å². The molecule has 100 valence electrons. The Morgan fingerprint density at radius 1 is 1.50 bits per heavy atom. The van der Waals surface area contributed by atoms with Crippen LogP contribution >= 0.6 is 0 Å². The van der Waals surface area contributed by atoms with E-state index in [-0.39, 0.29) is 11.6 Å². The van der Waals surface area contributed by atoms with Crippen molar-refractivity contribution in [3.05, 3.63) is 30.1 Å². The molecule has 2 heterocycles. The predicted molar refractivity (Wildman–Crippen MR) is 68.8 cm³/mol. The summed E-state index contributed by atoms with van der Waals surface area (Å²) < 4.78 is 11.2. The Morgan fingerprint density at radius 2 is 2.28 bits per heavy atom. The zero-order valence-electron chi connectivity index (χ0n) is 10.8. The Hall–Kier alpha value is -1.01. The Labute approximate surface area is 108 Å². The molecule has 1 aromatic rings. The second-order valence-corrected chi connectivity index (χ2v) is 4.63. The summed E-state index contributed by atoms with van der Waals surface area (Å²) in [6.45, 7) is 1.43. The van der Waals surface area contributed by atoms with Gasteiger partial charge in [0.2, 0.25) is 0 Å². The largest absolute Gasteiger partial charge is 0.381 e. The minimum Gasteiger partial charge on any atom is -0.381 e. The van der Waals surface area contributed by atoms with E-state index in [2.05, 4.69) is 10.4 Å². The molecule has 2 rings (SSSR count). The zero-order valence-corrected chi connectivity index (χ0v) is 10.8. The number of methoxy groups -OCH3 is 1. The molecule has 1 aromatic heterocycles. The average molecular weight is 251 g/mol. The third-order valence-electron chi connectivity index (χ3n) is 3.72. The van der Waals surface area contributed by atoms with Crippen molar-refractivity contribution in [1.82, 2.24) is 10.4 Å². The minimum absolute atomic E-state index is 0.0429. The van der Waals surface area contributed by atoms with E-state index in [1.165, 1.54) is 0 Å². The number of aromatic nitrogens is 1. The van der Waals surface area contributed by atoms with E-state index >= 15 is 0 Å². The van der Waals surface area contributed by atoms with Gasteiger partial charge in [-0.3, -0.25) is 16.3 Å². The van der Waals surface area contributed by atoms with E-state index in [1.54, 1.807) is 13.3 Å². The van der Waals surface area contributed by atoms with Gasteiger partial charge in [0.15, 0.2) is 0 Å². The molecule has 0 saturated carbocycles. The highest BCUT2D eigenvalue weighted by Gasteiger charge is 2.40. The number of pyridine rings is 1. The second-order valence-electron chi connectivity index (χ2n) is 4.63. The fourth-order valence-corrected chi connectivity index (χ4v) is 2.54. The maximum Gasteiger partial charge on any atom is 0.0891 e. The fraction of sp³-hybridized carbons (Fsp3) is 0.615. The highest BCUT2D eigenvalue weighted by atomic mass is 16.5. The van der Waals surface area contributed by atoms with Gasteiger partial charge in [0.25, 0.3) is 0 Å². The van der Waals surface area contributed by atoms with Crippen molar-refractivity contribution >= 4 is 0 Å². The summed E-state index contributed by atoms with van der Waals surface area (Å²) in [6.07, 6.45) is 4.26. The molecular formula is C13H21N3O2. The quantitative estimate of drug-likeness (QED) is 0.594. The first kappa shape index (κ1) is 13.4. The van der Waals surface area contributed by atoms with Crippen molar-refractivity contribution in [2.45, 2.75) is 30.9 Å². The lowest BCUT2D eigenvalue weighted by atomic mass is 9.84. The average Bonchev–Trinajstić information content (AvgIpc) is 2.46. The van der Waals surface area contributed by atoms with Crippen LogP contribution in [-0.2, 0) is 15.9 Å². The van der Waals surface area contributed by atoms with E-state index in [0.29, 0.717) is 13.2 Å². The van der Waals surface area contributed by atoms with Gasteiger partial charge < -0.3 is 9.47 Å². The highest BCUT2D eigenvalue weighted by molar-refractivity contribution is 5.08. The first-order valence-corrected chi connectivity index (χ1v) is 6.30. The van der Waals surface area contributed by atoms with Gasteiger partial charge in [0.1, 0.15) is 0 Å². The number of nitrogens with two attached hydrogens (primary N) is 1. The van der Waals surface area contributed by atoms with Gasteiger partial charge in [0.05, 0.1) is 11.6 Å². The van der Waals surface area contributed by atoms with Crippen LogP contribution in [0.5, 0.6) is 0 Å². The molecule has 0 amide bonds. The standard InChI is InChI=1S/C13H21N3O2/c1-17-13(5-8-18-9-6-13)12(16-14)10-11-4-2-3-7-15-11/h2-4,7,12,16H,5-6,8-10,14H2,1H3. The molecule has 0 bridgehead atoms. The molecule has 0 aliphatic carbocycles. The molecule has 3 N–H and O–H groups in total. The van der Waals surface area contributed by atoms with Crippen LogP contribution in [0.3, 0.4) is 0 Å². The van der Waals surface area contributed by atoms with Crippen molar-refractivity contribution in [2.75, 3.05) is 20.3 Å². The molecule has 1 saturated heterocycles. The number of nitrogens with one attached hydrogen (secondary N) is 1. The van der Waals surface area contributed by atoms with Crippen LogP contribution in [0.15, 0.2) is 24.4 Å². The van der Waals surface area contributed by atoms with E-state index in [0.717, 1.165) is 25.0 Å². The molecule has 1 fully saturated rings. The van der Waals surface area contributed by atoms with Crippen LogP contribution in [-0.4, -0.2) is 37.0 Å². The molecule has 1 atom stereocenters. The molecule has 0 spiro atoms. The Kier molecular flexibility index (Phi) is 4.66. The summed E-state index contributed by atoms with van der Waals surface area (Å²) in [5.41, 5.74) is 3.65. The van der Waals surface area contributed by atoms with Gasteiger partial charge in [0, 0.05) is 51.5 Å². The molecule has 1 aliphatic rings. The van der Waals surface area contributed by atoms with Crippen molar-refractivity contribution in [1.29, 1.82) is 0 Å². The summed E-state index contributed by atoms with van der Waals surface area (Å²) >= 11 is 0. The highest BCUT2D eigenvalue weighted by Crippen LogP contribution is 2.29. The summed E-state index contributed by atoms with van der Waals surface area (Å²) in [4.78, 5) is 4.34. The molecule has 5 nitrogen and oxygen atoms in total. The van der Waals surface area contributed by atoms with Gasteiger partial charge in [-0.25, -0.2) is 0 Å². The molecule has 0 radical (unpaired) electrons. The summed E-state index contributed by atoms with van der Waals surface area (Å²) in [6, 6.07) is 5.95. The van der Waals surface area contributed by atoms with E-state index in [1.807, 2.05) is 18.2 Å². The van der Waals surface area contributed by atoms with Gasteiger partial charge >= 0.3 is 0 Å². The lowest BCUT2D eigenvalue weighted by Crippen LogP contribution is -2.58. The van der Waals surface area contributed by atoms with E-state index < -0.39 is 0 Å². The molecule has 0 aromatic carbocycles. The molecule has 5 heteroatoms. The van der Waals surface area contributed by atoms with E-state index in [4.69, 9.17) is 15.3 Å². The maximum atomic E-state index is 5.75. The Bertz CT molecular complexity index is 353. The number of hydrogen-bond donors (Lipinski definition) is 2. The normalized spacial score (nSPS) is 20.6. The molecule has 1 unspecified atom stereocenters. The number of hydrazine groups is 1. The lowest BCUT2D eigenvalue weighted by molar-refractivity contribution is -0.110. The van der Waals surface area contributed by atoms with Crippen LogP contribution in [0.2, 0.25) is 0 Å². The topological polar surface area (TPSA) is 69.4 Å². The van der Waals surface area contributed by atoms with Crippen molar-refractivity contribution in [3.63, 3.8) is 0 Å². The van der Waals surface area contributed by atoms with Crippen LogP contribution in [0.4, 0.5) is 0 Å². The first-order chi connectivity index (χ1) is 8.80. The predicted octanol–water partition coefficient (Wildman–Crippen LogP) is 0.652. The summed E-state index contributed by atoms with van der Waals surface area (Å²) in [5.74, 6) is 5.71. The molecule has 1 aliphatic heterocycles. The maximum absolute atomic E-state index is 5.75. The number of ether oxygens (including phenoxy) is 2. The third-order valence-corrected chi connectivity index (χ3v) is 3.72. The third kappa shape index (κ3) is 2.87. The van der Waals surface area contributed by atoms with Crippen LogP contribution in [0.1, 0.15) is 18.5 Å². The molecule has 18 heavy (non-hydrogen) atoms. The lowest BCUT2D eigenvalue weighted by Gasteiger charge is -2.41. The van der Waals surface area contributed by atoms with E-state index in [9.17, 15) is 0 Å². The zero-order chi connectivity index (χ0) is 12.8. The van der Waals surface area contributed by atoms with Gasteiger partial charge in [-0.15, -0.1) is 0 Å². The smallest absolute Gasteiger partial charge is 0.0891 e. The van der Waals surface area contributed by atoms with Crippen LogP contribution < -0.4 is 11.3 Å². The molecular weight excluding hydrogens is 230 g/mol. The Balaban J connectivity index is 2.11. The van der Waals surface area contributed by atoms with Gasteiger partial charge in [-0.2, -0.15) is 0 Å². The van der Waals surface area contributed by atoms with Gasteiger partial charge in [-0.1, -0.05) is 6.07 Å². The fourth-order valence-electron chi connectivity index (χ4n) is 2.54. The van der Waals surface area contributed by atoms with Crippen molar-refractivity contribution in [2.24, 2.45) is 5.84 Å². The summed E-state index contributed by atoms with van der Waals surface area (Å²) in [7, 11) is 1.74. The summed E-state index contributed by atoms with van der Waals surface area (Å²) in [5, 5.41) is 0. The van der Waals surface area contributed by atoms with Crippen molar-refractivity contribution < 1.29 is 9.47 Å². The first-order valence-electron chi connectivity index (χ1n) is 6.30.